The van der Waals surface area contributed by atoms with Crippen LogP contribution in [0.4, 0.5) is 5.00 Å². The largest absolute Gasteiger partial charge is 0.244 e. The van der Waals surface area contributed by atoms with Gasteiger partial charge >= 0.3 is 0 Å². The summed E-state index contributed by atoms with van der Waals surface area (Å²) in [5, 5.41) is 10.9. The average Bonchev–Trinajstić information content (AvgIpc) is 2.84. The number of rotatable bonds is 2. The van der Waals surface area contributed by atoms with Gasteiger partial charge < -0.3 is 0 Å². The summed E-state index contributed by atoms with van der Waals surface area (Å²) in [6.45, 7) is 0. The van der Waals surface area contributed by atoms with Crippen LogP contribution in [0.25, 0.3) is 0 Å². The lowest BCUT2D eigenvalue weighted by Gasteiger charge is -2.09. The minimum Gasteiger partial charge on any atom is -0.244 e. The van der Waals surface area contributed by atoms with E-state index in [1.165, 1.54) is 23.3 Å². The summed E-state index contributed by atoms with van der Waals surface area (Å²) in [4.78, 5) is 5.85. The van der Waals surface area contributed by atoms with Crippen molar-refractivity contribution in [1.29, 1.82) is 5.26 Å². The van der Waals surface area contributed by atoms with E-state index < -0.39 is 0 Å². The van der Waals surface area contributed by atoms with Gasteiger partial charge in [0.1, 0.15) is 11.1 Å². The minimum absolute atomic E-state index is 0.714. The first kappa shape index (κ1) is 13.4. The molecule has 0 N–H and O–H groups in total. The summed E-state index contributed by atoms with van der Waals surface area (Å²) >= 11 is 7.52. The molecule has 0 spiro atoms. The maximum Gasteiger partial charge on any atom is 0.134 e. The predicted octanol–water partition coefficient (Wildman–Crippen LogP) is 4.90. The van der Waals surface area contributed by atoms with E-state index in [0.29, 0.717) is 5.02 Å². The van der Waals surface area contributed by atoms with Crippen molar-refractivity contribution in [3.63, 3.8) is 0 Å². The zero-order valence-corrected chi connectivity index (χ0v) is 12.5. The molecule has 20 heavy (non-hydrogen) atoms. The van der Waals surface area contributed by atoms with Gasteiger partial charge in [0.25, 0.3) is 0 Å². The van der Waals surface area contributed by atoms with Gasteiger partial charge in [0, 0.05) is 16.1 Å². The number of thiophene rings is 1. The fourth-order valence-electron chi connectivity index (χ4n) is 2.44. The highest BCUT2D eigenvalue weighted by molar-refractivity contribution is 7.16. The molecular formula is C16H13ClN2S. The van der Waals surface area contributed by atoms with Crippen molar-refractivity contribution in [2.45, 2.75) is 25.7 Å². The van der Waals surface area contributed by atoms with Gasteiger partial charge in [-0.3, -0.25) is 0 Å². The summed E-state index contributed by atoms with van der Waals surface area (Å²) in [5.41, 5.74) is 2.99. The molecule has 2 aromatic rings. The van der Waals surface area contributed by atoms with E-state index in [9.17, 15) is 5.26 Å². The van der Waals surface area contributed by atoms with Gasteiger partial charge in [-0.1, -0.05) is 23.7 Å². The third kappa shape index (κ3) is 2.63. The molecule has 1 aliphatic rings. The van der Waals surface area contributed by atoms with Crippen LogP contribution >= 0.6 is 22.9 Å². The second-order valence-electron chi connectivity index (χ2n) is 4.81. The standard InChI is InChI=1S/C16H13ClN2S/c17-12-7-5-11(6-8-12)10-19-16-14(9-18)13-3-1-2-4-15(13)20-16/h5-8,10H,1-4H2. The molecule has 0 radical (unpaired) electrons. The summed E-state index contributed by atoms with van der Waals surface area (Å²) in [6.07, 6.45) is 6.31. The summed E-state index contributed by atoms with van der Waals surface area (Å²) in [6, 6.07) is 9.85. The Morgan fingerprint density at radius 1 is 1.20 bits per heavy atom. The summed E-state index contributed by atoms with van der Waals surface area (Å²) in [5.74, 6) is 0. The zero-order valence-electron chi connectivity index (χ0n) is 10.9. The molecule has 0 unspecified atom stereocenters. The molecule has 4 heteroatoms. The first-order valence-corrected chi connectivity index (χ1v) is 7.81. The second kappa shape index (κ2) is 5.78. The van der Waals surface area contributed by atoms with Gasteiger partial charge in [-0.25, -0.2) is 4.99 Å². The molecule has 1 aromatic heterocycles. The Morgan fingerprint density at radius 3 is 2.70 bits per heavy atom. The molecule has 100 valence electrons. The van der Waals surface area contributed by atoms with Crippen molar-refractivity contribution >= 4 is 34.2 Å². The minimum atomic E-state index is 0.714. The van der Waals surface area contributed by atoms with Crippen molar-refractivity contribution < 1.29 is 0 Å². The van der Waals surface area contributed by atoms with Crippen LogP contribution in [-0.4, -0.2) is 6.21 Å². The van der Waals surface area contributed by atoms with E-state index in [1.54, 1.807) is 17.6 Å². The molecule has 0 atom stereocenters. The first-order chi connectivity index (χ1) is 9.78. The van der Waals surface area contributed by atoms with Gasteiger partial charge in [-0.2, -0.15) is 5.26 Å². The highest BCUT2D eigenvalue weighted by Crippen LogP contribution is 2.39. The van der Waals surface area contributed by atoms with Gasteiger partial charge in [0.05, 0.1) is 5.56 Å². The summed E-state index contributed by atoms with van der Waals surface area (Å²) in [7, 11) is 0. The molecule has 1 heterocycles. The SMILES string of the molecule is N#Cc1c(N=Cc2ccc(Cl)cc2)sc2c1CCCC2. The quantitative estimate of drug-likeness (QED) is 0.726. The number of aryl methyl sites for hydroxylation is 1. The number of aliphatic imine (C=N–C) groups is 1. The van der Waals surface area contributed by atoms with Crippen LogP contribution in [0.1, 0.15) is 34.4 Å². The van der Waals surface area contributed by atoms with Crippen molar-refractivity contribution in [2.75, 3.05) is 0 Å². The molecular weight excluding hydrogens is 288 g/mol. The van der Waals surface area contributed by atoms with Gasteiger partial charge in [-0.05, 0) is 48.9 Å². The van der Waals surface area contributed by atoms with Crippen LogP contribution in [0.5, 0.6) is 0 Å². The Bertz CT molecular complexity index is 693. The highest BCUT2D eigenvalue weighted by atomic mass is 35.5. The molecule has 0 saturated carbocycles. The zero-order chi connectivity index (χ0) is 13.9. The van der Waals surface area contributed by atoms with Crippen LogP contribution in [0.2, 0.25) is 5.02 Å². The van der Waals surface area contributed by atoms with Crippen molar-refractivity contribution in [3.8, 4) is 6.07 Å². The average molecular weight is 301 g/mol. The normalized spacial score (nSPS) is 14.2. The number of nitrogens with zero attached hydrogens (tertiary/aromatic N) is 2. The molecule has 0 amide bonds. The van der Waals surface area contributed by atoms with Crippen LogP contribution in [0.3, 0.4) is 0 Å². The fourth-order valence-corrected chi connectivity index (χ4v) is 3.75. The summed E-state index contributed by atoms with van der Waals surface area (Å²) < 4.78 is 0. The van der Waals surface area contributed by atoms with E-state index >= 15 is 0 Å². The lowest BCUT2D eigenvalue weighted by molar-refractivity contribution is 0.696. The molecule has 0 aliphatic heterocycles. The van der Waals surface area contributed by atoms with Crippen molar-refractivity contribution in [3.05, 3.63) is 50.9 Å². The lowest BCUT2D eigenvalue weighted by atomic mass is 9.96. The molecule has 2 nitrogen and oxygen atoms in total. The molecule has 1 aromatic carbocycles. The van der Waals surface area contributed by atoms with E-state index in [2.05, 4.69) is 11.1 Å². The monoisotopic (exact) mass is 300 g/mol. The van der Waals surface area contributed by atoms with E-state index in [1.807, 2.05) is 24.3 Å². The van der Waals surface area contributed by atoms with Crippen LogP contribution in [0, 0.1) is 11.3 Å². The van der Waals surface area contributed by atoms with E-state index in [-0.39, 0.29) is 0 Å². The Balaban J connectivity index is 1.93. The van der Waals surface area contributed by atoms with Crippen LogP contribution in [0.15, 0.2) is 29.3 Å². The van der Waals surface area contributed by atoms with Gasteiger partial charge in [0.15, 0.2) is 0 Å². The van der Waals surface area contributed by atoms with Crippen LogP contribution < -0.4 is 0 Å². The molecule has 1 aliphatic carbocycles. The highest BCUT2D eigenvalue weighted by Gasteiger charge is 2.19. The number of nitriles is 1. The Hall–Kier alpha value is -1.63. The van der Waals surface area contributed by atoms with Crippen molar-refractivity contribution in [1.82, 2.24) is 0 Å². The molecule has 0 bridgehead atoms. The topological polar surface area (TPSA) is 36.1 Å². The van der Waals surface area contributed by atoms with E-state index in [0.717, 1.165) is 29.0 Å². The number of fused-ring (bicyclic) bond motifs is 1. The molecule has 3 rings (SSSR count). The van der Waals surface area contributed by atoms with Gasteiger partial charge in [-0.15, -0.1) is 11.3 Å². The second-order valence-corrected chi connectivity index (χ2v) is 6.33. The lowest BCUT2D eigenvalue weighted by Crippen LogP contribution is -1.99. The van der Waals surface area contributed by atoms with Crippen molar-refractivity contribution in [2.24, 2.45) is 4.99 Å². The number of hydrogen-bond acceptors (Lipinski definition) is 3. The van der Waals surface area contributed by atoms with E-state index in [4.69, 9.17) is 11.6 Å². The number of benzene rings is 1. The van der Waals surface area contributed by atoms with Crippen LogP contribution in [-0.2, 0) is 12.8 Å². The first-order valence-electron chi connectivity index (χ1n) is 6.62. The predicted molar refractivity (Wildman–Crippen MR) is 84.4 cm³/mol. The smallest absolute Gasteiger partial charge is 0.134 e. The Morgan fingerprint density at radius 2 is 1.95 bits per heavy atom. The maximum absolute atomic E-state index is 9.36. The van der Waals surface area contributed by atoms with Gasteiger partial charge in [0.2, 0.25) is 0 Å². The third-order valence-corrected chi connectivity index (χ3v) is 4.92. The maximum atomic E-state index is 9.36. The molecule has 0 fully saturated rings. The number of halogens is 1. The number of hydrogen-bond donors (Lipinski definition) is 0. The fraction of sp³-hybridized carbons (Fsp3) is 0.250. The Labute approximate surface area is 127 Å². The Kier molecular flexibility index (Phi) is 3.86. The molecule has 0 saturated heterocycles. The third-order valence-electron chi connectivity index (χ3n) is 3.47.